The number of ether oxygens (including phenoxy) is 1. The van der Waals surface area contributed by atoms with Gasteiger partial charge in [-0.15, -0.1) is 0 Å². The number of phenols is 2. The van der Waals surface area contributed by atoms with Crippen molar-refractivity contribution in [3.8, 4) is 17.2 Å². The zero-order valence-electron chi connectivity index (χ0n) is 17.4. The number of anilines is 1. The highest BCUT2D eigenvalue weighted by Crippen LogP contribution is 2.53. The molecule has 0 saturated carbocycles. The summed E-state index contributed by atoms with van der Waals surface area (Å²) in [5.74, 6) is 1.64. The Morgan fingerprint density at radius 1 is 0.935 bits per heavy atom. The van der Waals surface area contributed by atoms with Crippen LogP contribution in [0.3, 0.4) is 0 Å². The molecule has 158 valence electrons. The minimum absolute atomic E-state index is 0.0535. The van der Waals surface area contributed by atoms with Gasteiger partial charge in [-0.05, 0) is 54.5 Å². The third kappa shape index (κ3) is 3.86. The van der Waals surface area contributed by atoms with Crippen molar-refractivity contribution in [1.29, 1.82) is 0 Å². The van der Waals surface area contributed by atoms with E-state index in [2.05, 4.69) is 53.9 Å². The summed E-state index contributed by atoms with van der Waals surface area (Å²) in [6, 6.07) is 21.5. The van der Waals surface area contributed by atoms with E-state index in [-0.39, 0.29) is 23.5 Å². The average molecular weight is 414 g/mol. The third-order valence-electron chi connectivity index (χ3n) is 6.42. The molecule has 0 saturated heterocycles. The summed E-state index contributed by atoms with van der Waals surface area (Å²) < 4.78 is 6.22. The van der Waals surface area contributed by atoms with Crippen molar-refractivity contribution in [2.75, 3.05) is 11.9 Å². The standard InChI is InChI=1S/C27H27NO3/c29-19-14-15-23(24(30)17-19)26-21-11-4-10-20(21)22-12-5-13-25(27(22)28-26)31-16-6-9-18-7-2-1-3-8-18/h1-5,7-8,10,12-15,17,20-21,26,28-30H,6,9,11,16H2. The molecular formula is C27H27NO3. The fourth-order valence-electron chi connectivity index (χ4n) is 4.92. The zero-order valence-corrected chi connectivity index (χ0v) is 17.4. The summed E-state index contributed by atoms with van der Waals surface area (Å²) in [5, 5.41) is 23.9. The predicted octanol–water partition coefficient (Wildman–Crippen LogP) is 5.94. The van der Waals surface area contributed by atoms with Gasteiger partial charge in [0, 0.05) is 17.5 Å². The summed E-state index contributed by atoms with van der Waals surface area (Å²) >= 11 is 0. The van der Waals surface area contributed by atoms with Gasteiger partial charge >= 0.3 is 0 Å². The minimum atomic E-state index is -0.0535. The van der Waals surface area contributed by atoms with Crippen molar-refractivity contribution in [2.45, 2.75) is 31.2 Å². The van der Waals surface area contributed by atoms with Crippen LogP contribution >= 0.6 is 0 Å². The third-order valence-corrected chi connectivity index (χ3v) is 6.42. The number of allylic oxidation sites excluding steroid dienone is 2. The molecular weight excluding hydrogens is 386 g/mol. The first-order valence-electron chi connectivity index (χ1n) is 11.0. The van der Waals surface area contributed by atoms with E-state index >= 15 is 0 Å². The van der Waals surface area contributed by atoms with Crippen LogP contribution in [0, 0.1) is 5.92 Å². The van der Waals surface area contributed by atoms with Crippen LogP contribution in [-0.2, 0) is 6.42 Å². The van der Waals surface area contributed by atoms with Crippen LogP contribution in [-0.4, -0.2) is 16.8 Å². The molecule has 3 aromatic carbocycles. The molecule has 3 N–H and O–H groups in total. The molecule has 4 nitrogen and oxygen atoms in total. The van der Waals surface area contributed by atoms with Crippen LogP contribution in [0.1, 0.15) is 41.5 Å². The van der Waals surface area contributed by atoms with E-state index in [1.807, 2.05) is 18.2 Å². The molecule has 0 bridgehead atoms. The molecule has 1 heterocycles. The lowest BCUT2D eigenvalue weighted by molar-refractivity contribution is 0.309. The molecule has 1 aliphatic heterocycles. The van der Waals surface area contributed by atoms with E-state index in [0.29, 0.717) is 12.5 Å². The Labute approximate surface area is 182 Å². The summed E-state index contributed by atoms with van der Waals surface area (Å²) in [6.45, 7) is 0.645. The molecule has 3 aromatic rings. The molecule has 0 radical (unpaired) electrons. The maximum absolute atomic E-state index is 10.5. The van der Waals surface area contributed by atoms with Gasteiger partial charge in [-0.2, -0.15) is 0 Å². The first-order valence-corrected chi connectivity index (χ1v) is 11.0. The number of benzene rings is 3. The Morgan fingerprint density at radius 2 is 1.81 bits per heavy atom. The van der Waals surface area contributed by atoms with Gasteiger partial charge in [0.1, 0.15) is 17.2 Å². The molecule has 31 heavy (non-hydrogen) atoms. The van der Waals surface area contributed by atoms with Gasteiger partial charge in [0.25, 0.3) is 0 Å². The van der Waals surface area contributed by atoms with Crippen LogP contribution < -0.4 is 10.1 Å². The number of rotatable bonds is 6. The van der Waals surface area contributed by atoms with Gasteiger partial charge in [-0.25, -0.2) is 0 Å². The van der Waals surface area contributed by atoms with Gasteiger partial charge in [0.05, 0.1) is 18.3 Å². The van der Waals surface area contributed by atoms with Crippen molar-refractivity contribution >= 4 is 5.69 Å². The Morgan fingerprint density at radius 3 is 2.65 bits per heavy atom. The SMILES string of the molecule is Oc1ccc(C2Nc3c(OCCCc4ccccc4)cccc3C3C=CCC32)c(O)c1. The summed E-state index contributed by atoms with van der Waals surface area (Å²) in [7, 11) is 0. The highest BCUT2D eigenvalue weighted by Gasteiger charge is 2.39. The van der Waals surface area contributed by atoms with Gasteiger partial charge < -0.3 is 20.3 Å². The van der Waals surface area contributed by atoms with Crippen molar-refractivity contribution in [1.82, 2.24) is 0 Å². The Kier molecular flexibility index (Phi) is 5.29. The highest BCUT2D eigenvalue weighted by atomic mass is 16.5. The minimum Gasteiger partial charge on any atom is -0.508 e. The van der Waals surface area contributed by atoms with Crippen LogP contribution in [0.5, 0.6) is 17.2 Å². The first-order chi connectivity index (χ1) is 15.2. The largest absolute Gasteiger partial charge is 0.508 e. The summed E-state index contributed by atoms with van der Waals surface area (Å²) in [6.07, 6.45) is 7.38. The quantitative estimate of drug-likeness (QED) is 0.346. The lowest BCUT2D eigenvalue weighted by atomic mass is 9.76. The van der Waals surface area contributed by atoms with Crippen molar-refractivity contribution in [3.05, 3.63) is 95.6 Å². The fraction of sp³-hybridized carbons (Fsp3) is 0.259. The van der Waals surface area contributed by atoms with Crippen molar-refractivity contribution in [2.24, 2.45) is 5.92 Å². The molecule has 2 aliphatic rings. The number of hydrogen-bond donors (Lipinski definition) is 3. The zero-order chi connectivity index (χ0) is 21.2. The molecule has 0 spiro atoms. The smallest absolute Gasteiger partial charge is 0.142 e. The molecule has 0 aromatic heterocycles. The Bertz CT molecular complexity index is 1090. The van der Waals surface area contributed by atoms with Crippen LogP contribution in [0.2, 0.25) is 0 Å². The number of aromatic hydroxyl groups is 2. The van der Waals surface area contributed by atoms with Crippen LogP contribution in [0.15, 0.2) is 78.9 Å². The number of para-hydroxylation sites is 1. The number of aryl methyl sites for hydroxylation is 1. The van der Waals surface area contributed by atoms with E-state index in [1.54, 1.807) is 6.07 Å². The molecule has 3 unspecified atom stereocenters. The first kappa shape index (κ1) is 19.6. The van der Waals surface area contributed by atoms with Gasteiger partial charge in [-0.1, -0.05) is 54.6 Å². The van der Waals surface area contributed by atoms with E-state index < -0.39 is 0 Å². The number of fused-ring (bicyclic) bond motifs is 3. The molecule has 0 fully saturated rings. The van der Waals surface area contributed by atoms with E-state index in [9.17, 15) is 10.2 Å². The van der Waals surface area contributed by atoms with E-state index in [1.165, 1.54) is 17.2 Å². The summed E-state index contributed by atoms with van der Waals surface area (Å²) in [5.41, 5.74) is 4.38. The van der Waals surface area contributed by atoms with Crippen LogP contribution in [0.4, 0.5) is 5.69 Å². The fourth-order valence-corrected chi connectivity index (χ4v) is 4.92. The molecule has 4 heteroatoms. The lowest BCUT2D eigenvalue weighted by Crippen LogP contribution is -2.29. The second-order valence-corrected chi connectivity index (χ2v) is 8.38. The van der Waals surface area contributed by atoms with Gasteiger partial charge in [0.15, 0.2) is 0 Å². The topological polar surface area (TPSA) is 61.7 Å². The number of nitrogens with one attached hydrogen (secondary N) is 1. The second kappa shape index (κ2) is 8.38. The van der Waals surface area contributed by atoms with Crippen molar-refractivity contribution in [3.63, 3.8) is 0 Å². The maximum atomic E-state index is 10.5. The predicted molar refractivity (Wildman–Crippen MR) is 123 cm³/mol. The molecule has 5 rings (SSSR count). The molecule has 1 aliphatic carbocycles. The van der Waals surface area contributed by atoms with Crippen molar-refractivity contribution < 1.29 is 14.9 Å². The van der Waals surface area contributed by atoms with E-state index in [0.717, 1.165) is 36.3 Å². The van der Waals surface area contributed by atoms with Gasteiger partial charge in [-0.3, -0.25) is 0 Å². The Hall–Kier alpha value is -3.40. The highest BCUT2D eigenvalue weighted by molar-refractivity contribution is 5.68. The second-order valence-electron chi connectivity index (χ2n) is 8.38. The average Bonchev–Trinajstić information content (AvgIpc) is 3.28. The molecule has 3 atom stereocenters. The lowest BCUT2D eigenvalue weighted by Gasteiger charge is -2.38. The van der Waals surface area contributed by atoms with Gasteiger partial charge in [0.2, 0.25) is 0 Å². The van der Waals surface area contributed by atoms with Crippen LogP contribution in [0.25, 0.3) is 0 Å². The maximum Gasteiger partial charge on any atom is 0.142 e. The number of hydrogen-bond acceptors (Lipinski definition) is 4. The Balaban J connectivity index is 1.38. The monoisotopic (exact) mass is 413 g/mol. The summed E-state index contributed by atoms with van der Waals surface area (Å²) in [4.78, 5) is 0. The normalized spacial score (nSPS) is 21.2. The number of phenolic OH excluding ortho intramolecular Hbond substituents is 2. The molecule has 0 amide bonds. The van der Waals surface area contributed by atoms with E-state index in [4.69, 9.17) is 4.74 Å².